The highest BCUT2D eigenvalue weighted by Gasteiger charge is 2.34. The minimum Gasteiger partial charge on any atom is -0.412 e. The van der Waals surface area contributed by atoms with Gasteiger partial charge in [0.15, 0.2) is 4.87 Å². The average Bonchev–Trinajstić information content (AvgIpc) is 2.17. The van der Waals surface area contributed by atoms with E-state index in [1.165, 1.54) is 0 Å². The maximum absolute atomic E-state index is 11.1. The molecule has 1 aromatic carbocycles. The first kappa shape index (κ1) is 12.9. The Balaban J connectivity index is 0.00000169. The van der Waals surface area contributed by atoms with Gasteiger partial charge in [0.2, 0.25) is 5.91 Å². The minimum atomic E-state index is -1.28. The molecule has 4 nitrogen and oxygen atoms in total. The number of benzene rings is 1. The van der Waals surface area contributed by atoms with E-state index in [2.05, 4.69) is 0 Å². The summed E-state index contributed by atoms with van der Waals surface area (Å²) < 4.78 is 0. The first-order valence-corrected chi connectivity index (χ1v) is 4.23. The van der Waals surface area contributed by atoms with Crippen molar-refractivity contribution in [1.82, 2.24) is 0 Å². The second-order valence-electron chi connectivity index (χ2n) is 2.74. The van der Waals surface area contributed by atoms with Crippen LogP contribution in [0.5, 0.6) is 0 Å². The van der Waals surface area contributed by atoms with Crippen molar-refractivity contribution in [3.8, 4) is 0 Å². The van der Waals surface area contributed by atoms with Gasteiger partial charge in [0, 0.05) is 6.54 Å². The van der Waals surface area contributed by atoms with Gasteiger partial charge in [-0.25, -0.2) is 0 Å². The van der Waals surface area contributed by atoms with Crippen LogP contribution in [-0.4, -0.2) is 17.9 Å². The zero-order valence-corrected chi connectivity index (χ0v) is 8.29. The normalized spacial score (nSPS) is 13.9. The van der Waals surface area contributed by atoms with Crippen LogP contribution >= 0.6 is 11.6 Å². The lowest BCUT2D eigenvalue weighted by Gasteiger charge is -2.21. The fourth-order valence-electron chi connectivity index (χ4n) is 1.06. The zero-order valence-electron chi connectivity index (χ0n) is 7.53. The van der Waals surface area contributed by atoms with Crippen molar-refractivity contribution in [2.75, 3.05) is 6.54 Å². The molecular weight excluding hydrogens is 204 g/mol. The Morgan fingerprint density at radius 1 is 1.36 bits per heavy atom. The first-order chi connectivity index (χ1) is 6.11. The average molecular weight is 217 g/mol. The summed E-state index contributed by atoms with van der Waals surface area (Å²) in [6, 6.07) is 8.85. The highest BCUT2D eigenvalue weighted by atomic mass is 35.5. The van der Waals surface area contributed by atoms with Crippen LogP contribution in [0.4, 0.5) is 0 Å². The molecule has 0 aliphatic heterocycles. The monoisotopic (exact) mass is 216 g/mol. The van der Waals surface area contributed by atoms with Crippen molar-refractivity contribution >= 4 is 17.5 Å². The summed E-state index contributed by atoms with van der Waals surface area (Å²) in [5, 5.41) is 0. The van der Waals surface area contributed by atoms with Gasteiger partial charge in [-0.1, -0.05) is 30.3 Å². The lowest BCUT2D eigenvalue weighted by Crippen LogP contribution is -2.42. The first-order valence-electron chi connectivity index (χ1n) is 3.85. The molecule has 1 amide bonds. The van der Waals surface area contributed by atoms with E-state index in [4.69, 9.17) is 23.1 Å². The van der Waals surface area contributed by atoms with Gasteiger partial charge in [-0.2, -0.15) is 0 Å². The molecule has 1 rings (SSSR count). The summed E-state index contributed by atoms with van der Waals surface area (Å²) >= 11 is 5.98. The summed E-state index contributed by atoms with van der Waals surface area (Å²) in [5.74, 6) is -0.622. The standard InChI is InChI=1S/C9H11ClN2O.H2O/c10-9(6-11,8(12)13)7-4-2-1-3-5-7;/h1-5H,6,11H2,(H2,12,13);1H2. The second-order valence-corrected chi connectivity index (χ2v) is 3.38. The second kappa shape index (κ2) is 4.95. The molecule has 0 heterocycles. The topological polar surface area (TPSA) is 101 Å². The number of primary amides is 1. The van der Waals surface area contributed by atoms with Gasteiger partial charge in [0.1, 0.15) is 0 Å². The minimum absolute atomic E-state index is 0. The van der Waals surface area contributed by atoms with Crippen molar-refractivity contribution in [2.24, 2.45) is 11.5 Å². The van der Waals surface area contributed by atoms with Crippen molar-refractivity contribution < 1.29 is 10.3 Å². The van der Waals surface area contributed by atoms with Crippen LogP contribution < -0.4 is 11.5 Å². The van der Waals surface area contributed by atoms with Gasteiger partial charge in [-0.3, -0.25) is 4.79 Å². The molecule has 0 aliphatic rings. The Morgan fingerprint density at radius 3 is 2.21 bits per heavy atom. The van der Waals surface area contributed by atoms with Crippen molar-refractivity contribution in [3.63, 3.8) is 0 Å². The van der Waals surface area contributed by atoms with Crippen molar-refractivity contribution in [3.05, 3.63) is 35.9 Å². The summed E-state index contributed by atoms with van der Waals surface area (Å²) in [7, 11) is 0. The van der Waals surface area contributed by atoms with E-state index in [9.17, 15) is 4.79 Å². The SMILES string of the molecule is NCC(Cl)(C(N)=O)c1ccccc1.O. The van der Waals surface area contributed by atoms with E-state index in [1.807, 2.05) is 6.07 Å². The molecule has 0 aromatic heterocycles. The van der Waals surface area contributed by atoms with Crippen molar-refractivity contribution in [2.45, 2.75) is 4.87 Å². The summed E-state index contributed by atoms with van der Waals surface area (Å²) in [6.07, 6.45) is 0. The zero-order chi connectivity index (χ0) is 9.90. The Labute approximate surface area is 87.2 Å². The summed E-state index contributed by atoms with van der Waals surface area (Å²) in [4.78, 5) is 9.79. The molecule has 6 N–H and O–H groups in total. The van der Waals surface area contributed by atoms with Crippen LogP contribution in [0.2, 0.25) is 0 Å². The van der Waals surface area contributed by atoms with E-state index in [-0.39, 0.29) is 12.0 Å². The number of nitrogens with two attached hydrogens (primary N) is 2. The largest absolute Gasteiger partial charge is 0.412 e. The van der Waals surface area contributed by atoms with E-state index in [0.29, 0.717) is 5.56 Å². The lowest BCUT2D eigenvalue weighted by molar-refractivity contribution is -0.120. The lowest BCUT2D eigenvalue weighted by atomic mass is 9.98. The van der Waals surface area contributed by atoms with Crippen LogP contribution in [-0.2, 0) is 9.67 Å². The number of hydrogen-bond donors (Lipinski definition) is 2. The molecular formula is C9H13ClN2O2. The number of rotatable bonds is 3. The van der Waals surface area contributed by atoms with E-state index >= 15 is 0 Å². The molecule has 0 spiro atoms. The Kier molecular flexibility index (Phi) is 4.56. The van der Waals surface area contributed by atoms with E-state index in [1.54, 1.807) is 24.3 Å². The number of halogens is 1. The molecule has 1 atom stereocenters. The number of amides is 1. The third-order valence-corrected chi connectivity index (χ3v) is 2.46. The quantitative estimate of drug-likeness (QED) is 0.681. The van der Waals surface area contributed by atoms with Gasteiger partial charge in [0.25, 0.3) is 0 Å². The van der Waals surface area contributed by atoms with Crippen molar-refractivity contribution in [1.29, 1.82) is 0 Å². The van der Waals surface area contributed by atoms with Gasteiger partial charge >= 0.3 is 0 Å². The predicted octanol–water partition coefficient (Wildman–Crippen LogP) is -0.260. The summed E-state index contributed by atoms with van der Waals surface area (Å²) in [6.45, 7) is -0.00605. The Morgan fingerprint density at radius 2 is 1.86 bits per heavy atom. The number of alkyl halides is 1. The molecule has 14 heavy (non-hydrogen) atoms. The van der Waals surface area contributed by atoms with E-state index in [0.717, 1.165) is 0 Å². The van der Waals surface area contributed by atoms with Gasteiger partial charge in [0.05, 0.1) is 0 Å². The van der Waals surface area contributed by atoms with Gasteiger partial charge < -0.3 is 16.9 Å². The fraction of sp³-hybridized carbons (Fsp3) is 0.222. The third-order valence-electron chi connectivity index (χ3n) is 1.90. The van der Waals surface area contributed by atoms with E-state index < -0.39 is 10.8 Å². The van der Waals surface area contributed by atoms with Crippen LogP contribution in [0.15, 0.2) is 30.3 Å². The smallest absolute Gasteiger partial charge is 0.244 e. The van der Waals surface area contributed by atoms with Crippen LogP contribution in [0.3, 0.4) is 0 Å². The van der Waals surface area contributed by atoms with Crippen LogP contribution in [0.1, 0.15) is 5.56 Å². The molecule has 0 fully saturated rings. The molecule has 0 saturated heterocycles. The highest BCUT2D eigenvalue weighted by Crippen LogP contribution is 2.26. The maximum Gasteiger partial charge on any atom is 0.244 e. The highest BCUT2D eigenvalue weighted by molar-refractivity contribution is 6.34. The number of carbonyl (C=O) groups excluding carboxylic acids is 1. The fourth-order valence-corrected chi connectivity index (χ4v) is 1.19. The number of carbonyl (C=O) groups is 1. The molecule has 1 unspecified atom stereocenters. The Hall–Kier alpha value is -1.10. The van der Waals surface area contributed by atoms with Gasteiger partial charge in [-0.15, -0.1) is 11.6 Å². The molecule has 1 aromatic rings. The summed E-state index contributed by atoms with van der Waals surface area (Å²) in [5.41, 5.74) is 11.2. The molecule has 0 saturated carbocycles. The van der Waals surface area contributed by atoms with Crippen LogP contribution in [0, 0.1) is 0 Å². The molecule has 0 aliphatic carbocycles. The molecule has 0 bridgehead atoms. The maximum atomic E-state index is 11.1. The van der Waals surface area contributed by atoms with Crippen LogP contribution in [0.25, 0.3) is 0 Å². The molecule has 0 radical (unpaired) electrons. The molecule has 78 valence electrons. The number of hydrogen-bond acceptors (Lipinski definition) is 2. The third kappa shape index (κ3) is 2.23. The molecule has 5 heteroatoms. The predicted molar refractivity (Wildman–Crippen MR) is 55.8 cm³/mol. The Bertz CT molecular complexity index is 305. The van der Waals surface area contributed by atoms with Gasteiger partial charge in [-0.05, 0) is 5.56 Å².